The highest BCUT2D eigenvalue weighted by atomic mass is 15.1. The van der Waals surface area contributed by atoms with Crippen molar-refractivity contribution in [1.29, 1.82) is 0 Å². The zero-order chi connectivity index (χ0) is 13.0. The second-order valence-corrected chi connectivity index (χ2v) is 8.10. The minimum Gasteiger partial charge on any atom is -0.310 e. The van der Waals surface area contributed by atoms with E-state index in [0.29, 0.717) is 5.41 Å². The van der Waals surface area contributed by atoms with Crippen LogP contribution in [0.25, 0.3) is 0 Å². The summed E-state index contributed by atoms with van der Waals surface area (Å²) >= 11 is 0. The van der Waals surface area contributed by atoms with Gasteiger partial charge in [0.25, 0.3) is 0 Å². The number of hydrogen-bond acceptors (Lipinski definition) is 2. The van der Waals surface area contributed by atoms with Crippen LogP contribution in [0.15, 0.2) is 0 Å². The van der Waals surface area contributed by atoms with Crippen molar-refractivity contribution in [3.8, 4) is 0 Å². The maximum atomic E-state index is 4.06. The summed E-state index contributed by atoms with van der Waals surface area (Å²) in [7, 11) is 2.32. The van der Waals surface area contributed by atoms with Gasteiger partial charge in [-0.1, -0.05) is 6.92 Å². The monoisotopic (exact) mass is 262 g/mol. The first-order valence-electron chi connectivity index (χ1n) is 8.65. The van der Waals surface area contributed by atoms with Gasteiger partial charge in [-0.2, -0.15) is 0 Å². The molecule has 1 spiro atoms. The third kappa shape index (κ3) is 1.75. The first-order valence-corrected chi connectivity index (χ1v) is 8.65. The predicted molar refractivity (Wildman–Crippen MR) is 79.1 cm³/mol. The lowest BCUT2D eigenvalue weighted by Gasteiger charge is -2.49. The van der Waals surface area contributed by atoms with Crippen molar-refractivity contribution >= 4 is 0 Å². The summed E-state index contributed by atoms with van der Waals surface area (Å²) in [5.74, 6) is 3.03. The molecule has 2 heteroatoms. The Balaban J connectivity index is 1.64. The summed E-state index contributed by atoms with van der Waals surface area (Å²) in [6, 6.07) is 1.75. The molecule has 2 aliphatic carbocycles. The Bertz CT molecular complexity index is 337. The molecule has 0 aromatic rings. The van der Waals surface area contributed by atoms with Gasteiger partial charge in [-0.3, -0.25) is 0 Å². The Morgan fingerprint density at radius 3 is 2.79 bits per heavy atom. The molecule has 2 heterocycles. The van der Waals surface area contributed by atoms with Crippen LogP contribution < -0.4 is 5.32 Å². The van der Waals surface area contributed by atoms with Crippen LogP contribution in [0.5, 0.6) is 0 Å². The average Bonchev–Trinajstić information content (AvgIpc) is 2.79. The van der Waals surface area contributed by atoms with E-state index >= 15 is 0 Å². The minimum absolute atomic E-state index is 0.711. The van der Waals surface area contributed by atoms with Crippen LogP contribution >= 0.6 is 0 Å². The van der Waals surface area contributed by atoms with Gasteiger partial charge >= 0.3 is 0 Å². The molecule has 108 valence electrons. The smallest absolute Gasteiger partial charge is 0.0135 e. The molecule has 6 atom stereocenters. The standard InChI is InChI=1S/C17H30N2/c1-12-9-13-11-15-14-5-3-7-19(2)8-4-6-17(13,14)16(10-12)18-15/h12-16,18H,3-11H2,1-2H3/t12-,13+,14-,15-,16-,17+/m1/s1. The van der Waals surface area contributed by atoms with Crippen molar-refractivity contribution in [2.75, 3.05) is 20.1 Å². The largest absolute Gasteiger partial charge is 0.310 e. The Morgan fingerprint density at radius 2 is 1.95 bits per heavy atom. The van der Waals surface area contributed by atoms with Crippen molar-refractivity contribution in [2.45, 2.75) is 64.0 Å². The van der Waals surface area contributed by atoms with Crippen molar-refractivity contribution in [3.05, 3.63) is 0 Å². The van der Waals surface area contributed by atoms with Gasteiger partial charge in [-0.05, 0) is 88.3 Å². The predicted octanol–water partition coefficient (Wildman–Crippen LogP) is 2.89. The maximum absolute atomic E-state index is 4.06. The van der Waals surface area contributed by atoms with E-state index < -0.39 is 0 Å². The van der Waals surface area contributed by atoms with Crippen LogP contribution in [-0.4, -0.2) is 37.1 Å². The lowest BCUT2D eigenvalue weighted by Crippen LogP contribution is -2.52. The van der Waals surface area contributed by atoms with E-state index in [2.05, 4.69) is 24.2 Å². The molecule has 2 aliphatic heterocycles. The Labute approximate surface area is 118 Å². The van der Waals surface area contributed by atoms with E-state index in [0.717, 1.165) is 29.8 Å². The SMILES string of the molecule is C[C@@H]1C[C@H]2C[C@H]3N[C@H](C1)[C@@]21CCCN(C)CCC[C@H]31. The van der Waals surface area contributed by atoms with Crippen molar-refractivity contribution in [1.82, 2.24) is 10.2 Å². The van der Waals surface area contributed by atoms with Crippen molar-refractivity contribution in [2.24, 2.45) is 23.2 Å². The first kappa shape index (κ1) is 12.6. The fourth-order valence-corrected chi connectivity index (χ4v) is 6.48. The molecule has 0 unspecified atom stereocenters. The lowest BCUT2D eigenvalue weighted by molar-refractivity contribution is 0.0226. The molecule has 2 saturated heterocycles. The molecule has 0 amide bonds. The Hall–Kier alpha value is -0.0800. The zero-order valence-electron chi connectivity index (χ0n) is 12.7. The van der Waals surface area contributed by atoms with E-state index in [1.807, 2.05) is 0 Å². The normalized spacial score (nSPS) is 54.3. The fourth-order valence-electron chi connectivity index (χ4n) is 6.48. The maximum Gasteiger partial charge on any atom is 0.0135 e. The second kappa shape index (κ2) is 4.46. The van der Waals surface area contributed by atoms with Gasteiger partial charge in [0.1, 0.15) is 0 Å². The highest BCUT2D eigenvalue weighted by molar-refractivity contribution is 5.18. The Morgan fingerprint density at radius 1 is 1.11 bits per heavy atom. The molecule has 4 rings (SSSR count). The highest BCUT2D eigenvalue weighted by Gasteiger charge is 2.64. The molecule has 2 nitrogen and oxygen atoms in total. The molecule has 2 saturated carbocycles. The van der Waals surface area contributed by atoms with Crippen LogP contribution in [0.4, 0.5) is 0 Å². The summed E-state index contributed by atoms with van der Waals surface area (Å²) in [6.07, 6.45) is 10.3. The molecule has 0 radical (unpaired) electrons. The van der Waals surface area contributed by atoms with Gasteiger partial charge in [0, 0.05) is 12.1 Å². The Kier molecular flexibility index (Phi) is 2.97. The van der Waals surface area contributed by atoms with Gasteiger partial charge in [0.2, 0.25) is 0 Å². The van der Waals surface area contributed by atoms with Crippen LogP contribution in [-0.2, 0) is 0 Å². The van der Waals surface area contributed by atoms with Crippen molar-refractivity contribution in [3.63, 3.8) is 0 Å². The van der Waals surface area contributed by atoms with Crippen LogP contribution in [0.1, 0.15) is 51.9 Å². The molecule has 1 N–H and O–H groups in total. The molecule has 19 heavy (non-hydrogen) atoms. The van der Waals surface area contributed by atoms with Gasteiger partial charge in [-0.25, -0.2) is 0 Å². The average molecular weight is 262 g/mol. The topological polar surface area (TPSA) is 15.3 Å². The van der Waals surface area contributed by atoms with E-state index in [4.69, 9.17) is 0 Å². The van der Waals surface area contributed by atoms with Crippen LogP contribution in [0.2, 0.25) is 0 Å². The third-order valence-corrected chi connectivity index (χ3v) is 7.07. The number of rotatable bonds is 0. The number of nitrogens with one attached hydrogen (secondary N) is 1. The van der Waals surface area contributed by atoms with E-state index in [1.54, 1.807) is 0 Å². The third-order valence-electron chi connectivity index (χ3n) is 7.07. The van der Waals surface area contributed by atoms with E-state index in [-0.39, 0.29) is 0 Å². The molecular weight excluding hydrogens is 232 g/mol. The summed E-state index contributed by atoms with van der Waals surface area (Å²) in [5.41, 5.74) is 0.711. The van der Waals surface area contributed by atoms with E-state index in [1.165, 1.54) is 58.0 Å². The molecule has 4 fully saturated rings. The molecule has 2 bridgehead atoms. The summed E-state index contributed by atoms with van der Waals surface area (Å²) < 4.78 is 0. The fraction of sp³-hybridized carbons (Fsp3) is 1.00. The molecule has 0 aromatic carbocycles. The van der Waals surface area contributed by atoms with Gasteiger partial charge < -0.3 is 10.2 Å². The zero-order valence-corrected chi connectivity index (χ0v) is 12.7. The van der Waals surface area contributed by atoms with Gasteiger partial charge in [0.05, 0.1) is 0 Å². The van der Waals surface area contributed by atoms with Crippen LogP contribution in [0.3, 0.4) is 0 Å². The first-order chi connectivity index (χ1) is 9.20. The molecule has 0 aromatic heterocycles. The van der Waals surface area contributed by atoms with Gasteiger partial charge in [-0.15, -0.1) is 0 Å². The van der Waals surface area contributed by atoms with E-state index in [9.17, 15) is 0 Å². The van der Waals surface area contributed by atoms with Crippen molar-refractivity contribution < 1.29 is 0 Å². The summed E-state index contributed by atoms with van der Waals surface area (Å²) in [5, 5.41) is 4.06. The molecular formula is C17H30N2. The number of piperidine rings is 1. The quantitative estimate of drug-likeness (QED) is 0.722. The summed E-state index contributed by atoms with van der Waals surface area (Å²) in [4.78, 5) is 2.57. The number of hydrogen-bond donors (Lipinski definition) is 1. The highest BCUT2D eigenvalue weighted by Crippen LogP contribution is 2.64. The van der Waals surface area contributed by atoms with Gasteiger partial charge in [0.15, 0.2) is 0 Å². The van der Waals surface area contributed by atoms with Crippen LogP contribution in [0, 0.1) is 23.2 Å². The number of nitrogens with zero attached hydrogens (tertiary/aromatic N) is 1. The minimum atomic E-state index is 0.711. The summed E-state index contributed by atoms with van der Waals surface area (Å²) in [6.45, 7) is 5.14. The molecule has 4 aliphatic rings. The second-order valence-electron chi connectivity index (χ2n) is 8.10. The lowest BCUT2D eigenvalue weighted by atomic mass is 9.57.